The van der Waals surface area contributed by atoms with Crippen LogP contribution in [0, 0.1) is 0 Å². The highest BCUT2D eigenvalue weighted by atomic mass is 32.1. The summed E-state index contributed by atoms with van der Waals surface area (Å²) in [6.07, 6.45) is 7.71. The molecule has 2 aromatic rings. The maximum absolute atomic E-state index is 8.84. The van der Waals surface area contributed by atoms with E-state index in [1.54, 1.807) is 15.1 Å². The van der Waals surface area contributed by atoms with E-state index in [0.717, 1.165) is 18.7 Å². The highest BCUT2D eigenvalue weighted by Gasteiger charge is 2.14. The average Bonchev–Trinajstić information content (AvgIpc) is 3.05. The van der Waals surface area contributed by atoms with E-state index in [1.807, 2.05) is 23.7 Å². The monoisotopic (exact) mass is 277 g/mol. The van der Waals surface area contributed by atoms with Gasteiger partial charge in [-0.1, -0.05) is 0 Å². The Balaban J connectivity index is 1.49. The predicted octanol–water partition coefficient (Wildman–Crippen LogP) is 1.72. The summed E-state index contributed by atoms with van der Waals surface area (Å²) >= 11 is 1.95. The zero-order chi connectivity index (χ0) is 13.1. The van der Waals surface area contributed by atoms with Crippen molar-refractivity contribution in [1.29, 1.82) is 0 Å². The molecule has 2 N–H and O–H groups in total. The Hall–Kier alpha value is -1.17. The molecule has 0 bridgehead atoms. The second kappa shape index (κ2) is 5.86. The topological polar surface area (TPSA) is 50.1 Å². The van der Waals surface area contributed by atoms with Gasteiger partial charge in [0.05, 0.1) is 19.3 Å². The summed E-state index contributed by atoms with van der Waals surface area (Å²) < 4.78 is 1.77. The molecule has 0 saturated carbocycles. The van der Waals surface area contributed by atoms with Crippen molar-refractivity contribution < 1.29 is 5.11 Å². The third-order valence-corrected chi connectivity index (χ3v) is 4.68. The maximum atomic E-state index is 8.84. The van der Waals surface area contributed by atoms with Crippen molar-refractivity contribution >= 4 is 11.3 Å². The van der Waals surface area contributed by atoms with Crippen LogP contribution < -0.4 is 5.32 Å². The van der Waals surface area contributed by atoms with Crippen LogP contribution in [0.25, 0.3) is 0 Å². The average molecular weight is 277 g/mol. The molecule has 19 heavy (non-hydrogen) atoms. The molecule has 102 valence electrons. The van der Waals surface area contributed by atoms with E-state index in [9.17, 15) is 0 Å². The third-order valence-electron chi connectivity index (χ3n) is 3.44. The molecular weight excluding hydrogens is 258 g/mol. The first-order chi connectivity index (χ1) is 9.35. The molecule has 0 amide bonds. The van der Waals surface area contributed by atoms with Gasteiger partial charge in [-0.25, -0.2) is 0 Å². The lowest BCUT2D eigenvalue weighted by molar-refractivity contribution is 0.269. The Morgan fingerprint density at radius 1 is 1.37 bits per heavy atom. The van der Waals surface area contributed by atoms with Crippen molar-refractivity contribution in [1.82, 2.24) is 15.1 Å². The largest absolute Gasteiger partial charge is 0.394 e. The summed E-state index contributed by atoms with van der Waals surface area (Å²) in [5, 5.41) is 16.5. The fourth-order valence-electron chi connectivity index (χ4n) is 2.53. The summed E-state index contributed by atoms with van der Waals surface area (Å²) in [7, 11) is 0. The summed E-state index contributed by atoms with van der Waals surface area (Å²) in [6.45, 7) is 2.46. The standard InChI is InChI=1S/C14H19N3OS/c18-5-4-17-10-11(8-16-17)7-15-9-13-6-12-2-1-3-14(12)19-13/h6,8,10,15,18H,1-5,7,9H2. The van der Waals surface area contributed by atoms with Gasteiger partial charge in [-0.05, 0) is 30.9 Å². The SMILES string of the molecule is OCCn1cc(CNCc2cc3c(s2)CCC3)cn1. The van der Waals surface area contributed by atoms with Gasteiger partial charge in [0.1, 0.15) is 0 Å². The molecule has 0 saturated heterocycles. The van der Waals surface area contributed by atoms with Crippen molar-refractivity contribution in [3.8, 4) is 0 Å². The second-order valence-corrected chi connectivity index (χ2v) is 6.17. The van der Waals surface area contributed by atoms with E-state index in [-0.39, 0.29) is 6.61 Å². The number of nitrogens with zero attached hydrogens (tertiary/aromatic N) is 2. The number of aliphatic hydroxyl groups excluding tert-OH is 1. The molecule has 0 unspecified atom stereocenters. The number of rotatable bonds is 6. The highest BCUT2D eigenvalue weighted by molar-refractivity contribution is 7.12. The van der Waals surface area contributed by atoms with E-state index < -0.39 is 0 Å². The van der Waals surface area contributed by atoms with E-state index in [4.69, 9.17) is 5.11 Å². The van der Waals surface area contributed by atoms with Crippen LogP contribution in [0.5, 0.6) is 0 Å². The number of aliphatic hydroxyl groups is 1. The molecule has 0 fully saturated rings. The van der Waals surface area contributed by atoms with Gasteiger partial charge in [0, 0.05) is 34.6 Å². The lowest BCUT2D eigenvalue weighted by Gasteiger charge is -2.00. The molecule has 0 atom stereocenters. The molecule has 4 nitrogen and oxygen atoms in total. The van der Waals surface area contributed by atoms with Crippen LogP contribution in [0.15, 0.2) is 18.5 Å². The van der Waals surface area contributed by atoms with Crippen LogP contribution >= 0.6 is 11.3 Å². The van der Waals surface area contributed by atoms with Crippen LogP contribution in [0.3, 0.4) is 0 Å². The van der Waals surface area contributed by atoms with Crippen molar-refractivity contribution in [2.24, 2.45) is 0 Å². The van der Waals surface area contributed by atoms with Crippen LogP contribution in [-0.2, 0) is 32.5 Å². The van der Waals surface area contributed by atoms with Crippen molar-refractivity contribution in [3.63, 3.8) is 0 Å². The first-order valence-electron chi connectivity index (χ1n) is 6.78. The van der Waals surface area contributed by atoms with Crippen molar-refractivity contribution in [2.75, 3.05) is 6.61 Å². The van der Waals surface area contributed by atoms with Gasteiger partial charge in [-0.15, -0.1) is 11.3 Å². The zero-order valence-electron chi connectivity index (χ0n) is 10.9. The molecule has 2 heterocycles. The lowest BCUT2D eigenvalue weighted by atomic mass is 10.2. The van der Waals surface area contributed by atoms with Gasteiger partial charge in [0.2, 0.25) is 0 Å². The Morgan fingerprint density at radius 3 is 3.16 bits per heavy atom. The minimum absolute atomic E-state index is 0.134. The Morgan fingerprint density at radius 2 is 2.32 bits per heavy atom. The molecule has 3 rings (SSSR count). The smallest absolute Gasteiger partial charge is 0.0640 e. The Bertz CT molecular complexity index is 525. The van der Waals surface area contributed by atoms with Crippen LogP contribution in [0.1, 0.15) is 27.3 Å². The zero-order valence-corrected chi connectivity index (χ0v) is 11.7. The molecule has 0 radical (unpaired) electrons. The molecule has 0 aliphatic heterocycles. The molecule has 5 heteroatoms. The first-order valence-corrected chi connectivity index (χ1v) is 7.60. The highest BCUT2D eigenvalue weighted by Crippen LogP contribution is 2.30. The van der Waals surface area contributed by atoms with Gasteiger partial charge in [0.25, 0.3) is 0 Å². The normalized spacial score (nSPS) is 13.9. The summed E-state index contributed by atoms with van der Waals surface area (Å²) in [6, 6.07) is 2.36. The van der Waals surface area contributed by atoms with Gasteiger partial charge in [-0.2, -0.15) is 5.10 Å². The lowest BCUT2D eigenvalue weighted by Crippen LogP contribution is -2.11. The van der Waals surface area contributed by atoms with Crippen LogP contribution in [0.2, 0.25) is 0 Å². The quantitative estimate of drug-likeness (QED) is 0.845. The Kier molecular flexibility index (Phi) is 3.96. The van der Waals surface area contributed by atoms with Crippen LogP contribution in [0.4, 0.5) is 0 Å². The fourth-order valence-corrected chi connectivity index (χ4v) is 3.76. The molecule has 2 aromatic heterocycles. The van der Waals surface area contributed by atoms with Crippen LogP contribution in [-0.4, -0.2) is 21.5 Å². The van der Waals surface area contributed by atoms with Gasteiger partial charge < -0.3 is 10.4 Å². The van der Waals surface area contributed by atoms with Gasteiger partial charge in [0.15, 0.2) is 0 Å². The van der Waals surface area contributed by atoms with E-state index >= 15 is 0 Å². The number of aryl methyl sites for hydroxylation is 2. The number of hydrogen-bond donors (Lipinski definition) is 2. The maximum Gasteiger partial charge on any atom is 0.0640 e. The molecule has 1 aliphatic rings. The number of fused-ring (bicyclic) bond motifs is 1. The second-order valence-electron chi connectivity index (χ2n) is 4.95. The van der Waals surface area contributed by atoms with Gasteiger partial charge in [-0.3, -0.25) is 4.68 Å². The molecule has 0 spiro atoms. The minimum atomic E-state index is 0.134. The van der Waals surface area contributed by atoms with E-state index in [0.29, 0.717) is 6.54 Å². The minimum Gasteiger partial charge on any atom is -0.394 e. The number of hydrogen-bond acceptors (Lipinski definition) is 4. The predicted molar refractivity (Wildman–Crippen MR) is 76.2 cm³/mol. The molecular formula is C14H19N3OS. The number of aromatic nitrogens is 2. The molecule has 0 aromatic carbocycles. The summed E-state index contributed by atoms with van der Waals surface area (Å²) in [4.78, 5) is 3.03. The summed E-state index contributed by atoms with van der Waals surface area (Å²) in [5.74, 6) is 0. The molecule has 1 aliphatic carbocycles. The fraction of sp³-hybridized carbons (Fsp3) is 0.500. The van der Waals surface area contributed by atoms with E-state index in [1.165, 1.54) is 24.1 Å². The van der Waals surface area contributed by atoms with Gasteiger partial charge >= 0.3 is 0 Å². The third kappa shape index (κ3) is 3.05. The number of nitrogens with one attached hydrogen (secondary N) is 1. The number of thiophene rings is 1. The van der Waals surface area contributed by atoms with E-state index in [2.05, 4.69) is 16.5 Å². The van der Waals surface area contributed by atoms with Crippen molar-refractivity contribution in [2.45, 2.75) is 38.9 Å². The first kappa shape index (κ1) is 12.8. The van der Waals surface area contributed by atoms with Crippen molar-refractivity contribution in [3.05, 3.63) is 39.3 Å². The Labute approximate surface area is 117 Å². The summed E-state index contributed by atoms with van der Waals surface area (Å²) in [5.41, 5.74) is 2.73.